The average Bonchev–Trinajstić information content (AvgIpc) is 2.83. The number of carboxylic acid groups (broad SMARTS) is 1. The number of likely N-dealkylation sites (N-methyl/N-ethyl adjacent to an activating group) is 2. The number of carbonyl (C=O) groups excluding carboxylic acids is 2. The number of rotatable bonds is 4. The Kier molecular flexibility index (Phi) is 5.46. The molecule has 108 valence electrons. The maximum absolute atomic E-state index is 12.3. The molecule has 0 aromatic rings. The van der Waals surface area contributed by atoms with Crippen molar-refractivity contribution in [2.45, 2.75) is 13.0 Å². The van der Waals surface area contributed by atoms with Crippen LogP contribution in [0.25, 0.3) is 0 Å². The van der Waals surface area contributed by atoms with Crippen LogP contribution < -0.4 is 0 Å². The van der Waals surface area contributed by atoms with E-state index in [1.807, 2.05) is 0 Å². The van der Waals surface area contributed by atoms with Crippen molar-refractivity contribution in [1.82, 2.24) is 14.7 Å². The van der Waals surface area contributed by atoms with Crippen LogP contribution in [0.15, 0.2) is 0 Å². The van der Waals surface area contributed by atoms with Gasteiger partial charge in [0.1, 0.15) is 12.6 Å². The third-order valence-corrected chi connectivity index (χ3v) is 3.90. The van der Waals surface area contributed by atoms with Gasteiger partial charge in [0.05, 0.1) is 5.88 Å². The van der Waals surface area contributed by atoms with Crippen molar-refractivity contribution in [3.05, 3.63) is 0 Å². The zero-order chi connectivity index (χ0) is 14.6. The van der Waals surface area contributed by atoms with E-state index in [0.29, 0.717) is 18.2 Å². The van der Waals surface area contributed by atoms with Crippen molar-refractivity contribution in [1.29, 1.82) is 0 Å². The molecule has 0 aromatic carbocycles. The van der Waals surface area contributed by atoms with Gasteiger partial charge in [-0.15, -0.1) is 11.8 Å². The second-order valence-electron chi connectivity index (χ2n) is 4.41. The van der Waals surface area contributed by atoms with Gasteiger partial charge in [0, 0.05) is 26.4 Å². The normalized spacial score (nSPS) is 18.3. The van der Waals surface area contributed by atoms with Gasteiger partial charge in [-0.05, 0) is 6.92 Å². The maximum Gasteiger partial charge on any atom is 0.327 e. The van der Waals surface area contributed by atoms with Crippen LogP contribution in [0.1, 0.15) is 6.92 Å². The Morgan fingerprint density at radius 1 is 1.37 bits per heavy atom. The Bertz CT molecular complexity index is 375. The van der Waals surface area contributed by atoms with E-state index >= 15 is 0 Å². The molecular formula is C11H19N3O4S. The summed E-state index contributed by atoms with van der Waals surface area (Å²) in [6, 6.07) is -1.20. The van der Waals surface area contributed by atoms with Crippen molar-refractivity contribution in [3.63, 3.8) is 0 Å². The highest BCUT2D eigenvalue weighted by Gasteiger charge is 2.36. The lowest BCUT2D eigenvalue weighted by atomic mass is 10.3. The molecule has 8 heteroatoms. The van der Waals surface area contributed by atoms with Crippen molar-refractivity contribution in [2.24, 2.45) is 0 Å². The Balaban J connectivity index is 2.73. The quantitative estimate of drug-likeness (QED) is 0.786. The van der Waals surface area contributed by atoms with E-state index < -0.39 is 18.0 Å². The molecule has 1 heterocycles. The third kappa shape index (κ3) is 3.76. The van der Waals surface area contributed by atoms with Gasteiger partial charge in [-0.3, -0.25) is 4.79 Å². The predicted octanol–water partition coefficient (Wildman–Crippen LogP) is -0.0240. The fourth-order valence-electron chi connectivity index (χ4n) is 1.64. The third-order valence-electron chi connectivity index (χ3n) is 2.89. The van der Waals surface area contributed by atoms with Gasteiger partial charge < -0.3 is 19.8 Å². The number of amides is 3. The van der Waals surface area contributed by atoms with Gasteiger partial charge in [0.2, 0.25) is 5.91 Å². The summed E-state index contributed by atoms with van der Waals surface area (Å²) >= 11 is 1.40. The van der Waals surface area contributed by atoms with Crippen LogP contribution in [0.2, 0.25) is 0 Å². The number of thioether (sulfide) groups is 1. The molecule has 0 aliphatic carbocycles. The van der Waals surface area contributed by atoms with E-state index in [2.05, 4.69) is 0 Å². The first-order valence-electron chi connectivity index (χ1n) is 5.94. The zero-order valence-electron chi connectivity index (χ0n) is 11.3. The molecule has 1 aliphatic rings. The Labute approximate surface area is 116 Å². The molecule has 19 heavy (non-hydrogen) atoms. The van der Waals surface area contributed by atoms with E-state index in [9.17, 15) is 14.4 Å². The van der Waals surface area contributed by atoms with E-state index in [-0.39, 0.29) is 12.5 Å². The average molecular weight is 289 g/mol. The fourth-order valence-corrected chi connectivity index (χ4v) is 2.78. The van der Waals surface area contributed by atoms with E-state index in [1.165, 1.54) is 26.5 Å². The number of aliphatic carboxylic acids is 1. The van der Waals surface area contributed by atoms with Gasteiger partial charge in [0.15, 0.2) is 0 Å². The molecule has 0 aromatic heterocycles. The Hall–Kier alpha value is -1.44. The van der Waals surface area contributed by atoms with Crippen LogP contribution in [0, 0.1) is 0 Å². The zero-order valence-corrected chi connectivity index (χ0v) is 12.1. The lowest BCUT2D eigenvalue weighted by molar-refractivity contribution is -0.140. The number of hydrogen-bond acceptors (Lipinski definition) is 4. The predicted molar refractivity (Wildman–Crippen MR) is 71.9 cm³/mol. The van der Waals surface area contributed by atoms with E-state index in [0.717, 1.165) is 0 Å². The van der Waals surface area contributed by atoms with Crippen molar-refractivity contribution < 1.29 is 19.5 Å². The van der Waals surface area contributed by atoms with Crippen molar-refractivity contribution in [3.8, 4) is 0 Å². The van der Waals surface area contributed by atoms with E-state index in [4.69, 9.17) is 5.11 Å². The highest BCUT2D eigenvalue weighted by molar-refractivity contribution is 7.99. The summed E-state index contributed by atoms with van der Waals surface area (Å²) in [4.78, 5) is 39.0. The molecule has 0 bridgehead atoms. The van der Waals surface area contributed by atoms with Crippen LogP contribution >= 0.6 is 11.8 Å². The summed E-state index contributed by atoms with van der Waals surface area (Å²) in [7, 11) is 3.23. The standard InChI is InChI=1S/C11H19N3O4S/c1-4-13(5-9(15)12(2)3)11(18)14-7-19-6-8(14)10(16)17/h8H,4-7H2,1-3H3,(H,16,17). The Morgan fingerprint density at radius 3 is 2.47 bits per heavy atom. The highest BCUT2D eigenvalue weighted by Crippen LogP contribution is 2.22. The van der Waals surface area contributed by atoms with Gasteiger partial charge in [0.25, 0.3) is 0 Å². The second-order valence-corrected chi connectivity index (χ2v) is 5.41. The SMILES string of the molecule is CCN(CC(=O)N(C)C)C(=O)N1CSCC1C(=O)O. The van der Waals surface area contributed by atoms with Crippen LogP contribution in [0.4, 0.5) is 4.79 Å². The minimum absolute atomic E-state index is 0.0319. The van der Waals surface area contributed by atoms with Gasteiger partial charge in [-0.2, -0.15) is 0 Å². The fraction of sp³-hybridized carbons (Fsp3) is 0.727. The monoisotopic (exact) mass is 289 g/mol. The number of nitrogens with zero attached hydrogens (tertiary/aromatic N) is 3. The van der Waals surface area contributed by atoms with Crippen molar-refractivity contribution >= 4 is 29.7 Å². The summed E-state index contributed by atoms with van der Waals surface area (Å²) in [5.41, 5.74) is 0. The minimum atomic E-state index is -1.01. The number of urea groups is 1. The first-order valence-corrected chi connectivity index (χ1v) is 7.10. The number of carbonyl (C=O) groups is 3. The van der Waals surface area contributed by atoms with Crippen molar-refractivity contribution in [2.75, 3.05) is 38.8 Å². The molecule has 1 fully saturated rings. The summed E-state index contributed by atoms with van der Waals surface area (Å²) in [6.07, 6.45) is 0. The summed E-state index contributed by atoms with van der Waals surface area (Å²) in [5, 5.41) is 9.06. The molecule has 7 nitrogen and oxygen atoms in total. The highest BCUT2D eigenvalue weighted by atomic mass is 32.2. The first kappa shape index (κ1) is 15.6. The first-order chi connectivity index (χ1) is 8.88. The van der Waals surface area contributed by atoms with Crippen LogP contribution in [-0.4, -0.2) is 82.6 Å². The Morgan fingerprint density at radius 2 is 2.00 bits per heavy atom. The largest absolute Gasteiger partial charge is 0.480 e. The minimum Gasteiger partial charge on any atom is -0.480 e. The molecule has 1 atom stereocenters. The number of hydrogen-bond donors (Lipinski definition) is 1. The van der Waals surface area contributed by atoms with Crippen LogP contribution in [0.3, 0.4) is 0 Å². The summed E-state index contributed by atoms with van der Waals surface area (Å²) in [5.74, 6) is -0.454. The number of carboxylic acids is 1. The maximum atomic E-state index is 12.3. The van der Waals surface area contributed by atoms with Gasteiger partial charge in [-0.25, -0.2) is 9.59 Å². The molecule has 1 rings (SSSR count). The molecule has 0 radical (unpaired) electrons. The molecule has 0 saturated carbocycles. The lowest BCUT2D eigenvalue weighted by Gasteiger charge is -2.29. The smallest absolute Gasteiger partial charge is 0.327 e. The van der Waals surface area contributed by atoms with Gasteiger partial charge >= 0.3 is 12.0 Å². The summed E-state index contributed by atoms with van der Waals surface area (Å²) in [6.45, 7) is 2.10. The lowest BCUT2D eigenvalue weighted by Crippen LogP contribution is -2.51. The topological polar surface area (TPSA) is 81.2 Å². The second kappa shape index (κ2) is 6.65. The van der Waals surface area contributed by atoms with Crippen LogP contribution in [0.5, 0.6) is 0 Å². The molecule has 1 saturated heterocycles. The molecule has 3 amide bonds. The molecule has 1 N–H and O–H groups in total. The van der Waals surface area contributed by atoms with E-state index in [1.54, 1.807) is 21.0 Å². The molecule has 1 unspecified atom stereocenters. The molecular weight excluding hydrogens is 270 g/mol. The molecule has 1 aliphatic heterocycles. The molecule has 0 spiro atoms. The summed E-state index contributed by atoms with van der Waals surface area (Å²) < 4.78 is 0. The van der Waals surface area contributed by atoms with Gasteiger partial charge in [-0.1, -0.05) is 0 Å². The van der Waals surface area contributed by atoms with Crippen LogP contribution in [-0.2, 0) is 9.59 Å².